The van der Waals surface area contributed by atoms with Gasteiger partial charge in [-0.25, -0.2) is 13.9 Å². The van der Waals surface area contributed by atoms with Crippen LogP contribution in [0.3, 0.4) is 0 Å². The third-order valence-electron chi connectivity index (χ3n) is 5.44. The number of nitrogens with one attached hydrogen (secondary N) is 4. The molecule has 182 valence electrons. The van der Waals surface area contributed by atoms with Crippen LogP contribution in [-0.2, 0) is 17.6 Å². The fourth-order valence-corrected chi connectivity index (χ4v) is 4.09. The Kier molecular flexibility index (Phi) is 7.37. The molecule has 2 aromatic heterocycles. The summed E-state index contributed by atoms with van der Waals surface area (Å²) in [5.74, 6) is -0.392. The van der Waals surface area contributed by atoms with Crippen LogP contribution in [0.2, 0.25) is 0 Å². The number of aromatic nitrogens is 2. The maximum absolute atomic E-state index is 15.2. The molecule has 1 amide bonds. The van der Waals surface area contributed by atoms with Gasteiger partial charge in [0.15, 0.2) is 5.82 Å². The molecule has 4 N–H and O–H groups in total. The van der Waals surface area contributed by atoms with Crippen molar-refractivity contribution in [3.8, 4) is 0 Å². The van der Waals surface area contributed by atoms with E-state index in [1.54, 1.807) is 37.4 Å². The molecule has 9 nitrogen and oxygen atoms in total. The number of fused-ring (bicyclic) bond motifs is 1. The first kappa shape index (κ1) is 24.3. The van der Waals surface area contributed by atoms with Gasteiger partial charge in [-0.3, -0.25) is 9.89 Å². The van der Waals surface area contributed by atoms with Crippen LogP contribution in [0.15, 0.2) is 57.9 Å². The van der Waals surface area contributed by atoms with E-state index in [1.165, 1.54) is 6.20 Å². The van der Waals surface area contributed by atoms with Crippen molar-refractivity contribution in [2.45, 2.75) is 12.8 Å². The minimum atomic E-state index is -0.611. The van der Waals surface area contributed by atoms with Crippen molar-refractivity contribution in [2.75, 3.05) is 36.1 Å². The van der Waals surface area contributed by atoms with Crippen LogP contribution in [0.5, 0.6) is 0 Å². The normalized spacial score (nSPS) is 11.0. The first-order valence-corrected chi connectivity index (χ1v) is 11.6. The first-order valence-electron chi connectivity index (χ1n) is 10.8. The number of carbonyl (C=O) groups excluding carboxylic acids is 1. The summed E-state index contributed by atoms with van der Waals surface area (Å²) in [4.78, 5) is 27.9. The van der Waals surface area contributed by atoms with Crippen molar-refractivity contribution in [3.63, 3.8) is 0 Å². The zero-order chi connectivity index (χ0) is 24.9. The summed E-state index contributed by atoms with van der Waals surface area (Å²) in [6.45, 7) is 0. The van der Waals surface area contributed by atoms with E-state index in [0.717, 1.165) is 17.8 Å². The minimum Gasteiger partial charge on any atom is -0.422 e. The van der Waals surface area contributed by atoms with Crippen molar-refractivity contribution >= 4 is 46.2 Å². The van der Waals surface area contributed by atoms with E-state index in [-0.39, 0.29) is 30.0 Å². The molecule has 0 spiro atoms. The van der Waals surface area contributed by atoms with Crippen molar-refractivity contribution in [1.29, 1.82) is 0 Å². The van der Waals surface area contributed by atoms with Crippen molar-refractivity contribution in [2.24, 2.45) is 0 Å². The van der Waals surface area contributed by atoms with Crippen LogP contribution in [0, 0.1) is 5.82 Å². The minimum absolute atomic E-state index is 0.0358. The molecule has 0 atom stereocenters. The summed E-state index contributed by atoms with van der Waals surface area (Å²) >= 11 is 1.13. The number of carbonyl (C=O) groups is 1. The number of anilines is 3. The van der Waals surface area contributed by atoms with Crippen molar-refractivity contribution in [1.82, 2.24) is 14.9 Å². The molecule has 2 heterocycles. The molecule has 0 bridgehead atoms. The highest BCUT2D eigenvalue weighted by molar-refractivity contribution is 7.98. The Balaban J connectivity index is 1.79. The predicted molar refractivity (Wildman–Crippen MR) is 137 cm³/mol. The average molecular weight is 497 g/mol. The van der Waals surface area contributed by atoms with Gasteiger partial charge in [0.25, 0.3) is 0 Å². The van der Waals surface area contributed by atoms with Gasteiger partial charge in [0.1, 0.15) is 11.4 Å². The topological polar surface area (TPSA) is 115 Å². The lowest BCUT2D eigenvalue weighted by molar-refractivity contribution is -0.115. The molecule has 4 rings (SSSR count). The lowest BCUT2D eigenvalue weighted by Crippen LogP contribution is -2.20. The second-order valence-electron chi connectivity index (χ2n) is 7.98. The molecular weight excluding hydrogens is 471 g/mol. The number of hydrogen-bond acceptors (Lipinski definition) is 8. The number of rotatable bonds is 9. The van der Waals surface area contributed by atoms with Crippen LogP contribution in [0.1, 0.15) is 16.7 Å². The fraction of sp³-hybridized carbons (Fsp3) is 0.208. The van der Waals surface area contributed by atoms with Crippen LogP contribution >= 0.6 is 12.1 Å². The third-order valence-corrected chi connectivity index (χ3v) is 5.97. The lowest BCUT2D eigenvalue weighted by atomic mass is 9.95. The van der Waals surface area contributed by atoms with Gasteiger partial charge in [-0.1, -0.05) is 12.1 Å². The molecule has 2 aromatic carbocycles. The molecule has 0 saturated carbocycles. The Morgan fingerprint density at radius 1 is 1.20 bits per heavy atom. The molecule has 0 fully saturated rings. The lowest BCUT2D eigenvalue weighted by Gasteiger charge is -2.16. The quantitative estimate of drug-likeness (QED) is 0.205. The monoisotopic (exact) mass is 496 g/mol. The van der Waals surface area contributed by atoms with E-state index < -0.39 is 11.4 Å². The summed E-state index contributed by atoms with van der Waals surface area (Å²) in [5.41, 5.74) is 1.89. The zero-order valence-electron chi connectivity index (χ0n) is 19.4. The molecule has 0 radical (unpaired) electrons. The van der Waals surface area contributed by atoms with Gasteiger partial charge in [0, 0.05) is 61.4 Å². The SMILES string of the molecule is CNSNc1cccc(Cc2c(CC(=O)Nc3ccn[nH]3)c3ccc(N(C)C)cc3oc2=O)c1F. The van der Waals surface area contributed by atoms with Crippen molar-refractivity contribution < 1.29 is 13.6 Å². The molecule has 0 unspecified atom stereocenters. The van der Waals surface area contributed by atoms with E-state index in [2.05, 4.69) is 25.0 Å². The summed E-state index contributed by atoms with van der Waals surface area (Å²) in [6.07, 6.45) is 1.38. The molecule has 0 saturated heterocycles. The Labute approximate surface area is 205 Å². The second-order valence-corrected chi connectivity index (χ2v) is 8.80. The first-order chi connectivity index (χ1) is 16.9. The Morgan fingerprint density at radius 3 is 2.74 bits per heavy atom. The fourth-order valence-electron chi connectivity index (χ4n) is 3.72. The summed E-state index contributed by atoms with van der Waals surface area (Å²) in [6, 6.07) is 12.0. The highest BCUT2D eigenvalue weighted by atomic mass is 32.2. The van der Waals surface area contributed by atoms with E-state index in [4.69, 9.17) is 4.42 Å². The number of H-pyrrole nitrogens is 1. The number of halogens is 1. The van der Waals surface area contributed by atoms with Crippen molar-refractivity contribution in [3.05, 3.63) is 81.6 Å². The highest BCUT2D eigenvalue weighted by Gasteiger charge is 2.20. The van der Waals surface area contributed by atoms with Gasteiger partial charge in [-0.05, 0) is 36.4 Å². The summed E-state index contributed by atoms with van der Waals surface area (Å²) in [7, 11) is 5.47. The zero-order valence-corrected chi connectivity index (χ0v) is 20.3. The Morgan fingerprint density at radius 2 is 2.03 bits per heavy atom. The standard InChI is InChI=1S/C24H25FN6O3S/c1-26-35-30-19-6-4-5-14(23(19)25)11-18-17(13-22(32)28-21-9-10-27-29-21)16-8-7-15(31(2)3)12-20(16)34-24(18)33/h4-10,12,26,30H,11,13H2,1-3H3,(H2,27,28,29,32). The predicted octanol–water partition coefficient (Wildman–Crippen LogP) is 3.69. The van der Waals surface area contributed by atoms with Gasteiger partial charge in [0.05, 0.1) is 18.3 Å². The van der Waals surface area contributed by atoms with E-state index >= 15 is 4.39 Å². The van der Waals surface area contributed by atoms with Crippen LogP contribution < -0.4 is 25.3 Å². The number of benzene rings is 2. The second kappa shape index (κ2) is 10.6. The Hall–Kier alpha value is -3.83. The molecule has 0 aliphatic rings. The van der Waals surface area contributed by atoms with Gasteiger partial charge in [-0.2, -0.15) is 5.10 Å². The molecule has 4 aromatic rings. The van der Waals surface area contributed by atoms with Gasteiger partial charge < -0.3 is 19.4 Å². The molecule has 35 heavy (non-hydrogen) atoms. The summed E-state index contributed by atoms with van der Waals surface area (Å²) in [5, 5.41) is 9.84. The van der Waals surface area contributed by atoms with E-state index in [0.29, 0.717) is 27.9 Å². The van der Waals surface area contributed by atoms with E-state index in [1.807, 2.05) is 31.1 Å². The highest BCUT2D eigenvalue weighted by Crippen LogP contribution is 2.28. The largest absolute Gasteiger partial charge is 0.422 e. The van der Waals surface area contributed by atoms with Gasteiger partial charge >= 0.3 is 5.63 Å². The van der Waals surface area contributed by atoms with E-state index in [9.17, 15) is 9.59 Å². The maximum atomic E-state index is 15.2. The molecule has 11 heteroatoms. The van der Waals surface area contributed by atoms with Crippen LogP contribution in [0.25, 0.3) is 11.0 Å². The van der Waals surface area contributed by atoms with Gasteiger partial charge in [-0.15, -0.1) is 0 Å². The molecule has 0 aliphatic carbocycles. The summed E-state index contributed by atoms with van der Waals surface area (Å²) < 4.78 is 26.5. The van der Waals surface area contributed by atoms with Gasteiger partial charge in [0.2, 0.25) is 5.91 Å². The average Bonchev–Trinajstić information content (AvgIpc) is 3.34. The number of amides is 1. The molecular formula is C24H25FN6O3S. The number of hydrogen-bond donors (Lipinski definition) is 4. The smallest absolute Gasteiger partial charge is 0.340 e. The van der Waals surface area contributed by atoms with Crippen LogP contribution in [0.4, 0.5) is 21.6 Å². The number of nitrogens with zero attached hydrogens (tertiary/aromatic N) is 2. The Bertz CT molecular complexity index is 1400. The van der Waals surface area contributed by atoms with Crippen LogP contribution in [-0.4, -0.2) is 37.2 Å². The third kappa shape index (κ3) is 5.47. The molecule has 0 aliphatic heterocycles. The number of aromatic amines is 1. The maximum Gasteiger partial charge on any atom is 0.340 e.